The van der Waals surface area contributed by atoms with Crippen LogP contribution >= 0.6 is 15.9 Å². The van der Waals surface area contributed by atoms with Crippen molar-refractivity contribution in [3.8, 4) is 22.7 Å². The molecular weight excluding hydrogens is 515 g/mol. The third-order valence-electron chi connectivity index (χ3n) is 5.92. The SMILES string of the molecule is Nc1cc(CCN2C(=O)COC2c2cn(-c3ccc(Br)cc3)nc2-c2ccc(F)cc2)ccc1O. The van der Waals surface area contributed by atoms with Crippen molar-refractivity contribution in [2.75, 3.05) is 18.9 Å². The van der Waals surface area contributed by atoms with Gasteiger partial charge in [-0.3, -0.25) is 4.79 Å². The van der Waals surface area contributed by atoms with Crippen LogP contribution < -0.4 is 5.73 Å². The monoisotopic (exact) mass is 536 g/mol. The highest BCUT2D eigenvalue weighted by atomic mass is 79.9. The van der Waals surface area contributed by atoms with Gasteiger partial charge in [-0.25, -0.2) is 9.07 Å². The van der Waals surface area contributed by atoms with Crippen LogP contribution in [0.1, 0.15) is 17.4 Å². The number of hydrogen-bond donors (Lipinski definition) is 2. The standard InChI is InChI=1S/C26H22BrFN4O3/c27-18-4-8-20(9-5-18)32-14-21(25(30-32)17-2-6-19(28)7-3-17)26-31(24(34)15-35-26)12-11-16-1-10-23(33)22(29)13-16/h1-10,13-14,26,33H,11-12,15,29H2. The number of aromatic hydroxyl groups is 1. The first-order chi connectivity index (χ1) is 16.9. The quantitative estimate of drug-likeness (QED) is 0.272. The molecule has 35 heavy (non-hydrogen) atoms. The number of carbonyl (C=O) groups is 1. The maximum atomic E-state index is 13.6. The van der Waals surface area contributed by atoms with E-state index in [0.29, 0.717) is 29.8 Å². The molecule has 0 bridgehead atoms. The first kappa shape index (κ1) is 23.1. The predicted octanol–water partition coefficient (Wildman–Crippen LogP) is 4.83. The number of phenolic OH excluding ortho intramolecular Hbond substituents is 1. The molecule has 5 rings (SSSR count). The van der Waals surface area contributed by atoms with Crippen LogP contribution in [0.25, 0.3) is 16.9 Å². The topological polar surface area (TPSA) is 93.6 Å². The lowest BCUT2D eigenvalue weighted by atomic mass is 10.1. The summed E-state index contributed by atoms with van der Waals surface area (Å²) in [6, 6.07) is 18.8. The number of nitrogens with zero attached hydrogens (tertiary/aromatic N) is 3. The molecule has 1 atom stereocenters. The average Bonchev–Trinajstić information content (AvgIpc) is 3.44. The Labute approximate surface area is 209 Å². The van der Waals surface area contributed by atoms with Crippen molar-refractivity contribution >= 4 is 27.5 Å². The molecule has 3 N–H and O–H groups in total. The van der Waals surface area contributed by atoms with Gasteiger partial charge in [0.05, 0.1) is 11.4 Å². The second-order valence-electron chi connectivity index (χ2n) is 8.25. The van der Waals surface area contributed by atoms with Gasteiger partial charge in [-0.1, -0.05) is 22.0 Å². The van der Waals surface area contributed by atoms with E-state index >= 15 is 0 Å². The summed E-state index contributed by atoms with van der Waals surface area (Å²) in [7, 11) is 0. The summed E-state index contributed by atoms with van der Waals surface area (Å²) in [5.74, 6) is -0.454. The fraction of sp³-hybridized carbons (Fsp3) is 0.154. The van der Waals surface area contributed by atoms with Crippen LogP contribution in [0.3, 0.4) is 0 Å². The lowest BCUT2D eigenvalue weighted by molar-refractivity contribution is -0.128. The maximum Gasteiger partial charge on any atom is 0.250 e. The Morgan fingerprint density at radius 3 is 2.57 bits per heavy atom. The molecule has 1 amide bonds. The number of ether oxygens (including phenoxy) is 1. The number of rotatable bonds is 6. The van der Waals surface area contributed by atoms with Crippen molar-refractivity contribution in [1.82, 2.24) is 14.7 Å². The maximum absolute atomic E-state index is 13.6. The molecule has 3 aromatic carbocycles. The van der Waals surface area contributed by atoms with Gasteiger partial charge < -0.3 is 20.5 Å². The van der Waals surface area contributed by atoms with Crippen molar-refractivity contribution < 1.29 is 19.0 Å². The first-order valence-corrected chi connectivity index (χ1v) is 11.8. The molecule has 1 saturated heterocycles. The van der Waals surface area contributed by atoms with Crippen LogP contribution in [0.15, 0.2) is 77.4 Å². The largest absolute Gasteiger partial charge is 0.506 e. The van der Waals surface area contributed by atoms with Crippen LogP contribution in [0.2, 0.25) is 0 Å². The van der Waals surface area contributed by atoms with Gasteiger partial charge in [0.15, 0.2) is 6.23 Å². The Balaban J connectivity index is 1.50. The Morgan fingerprint density at radius 1 is 1.11 bits per heavy atom. The number of aromatic nitrogens is 2. The number of hydrogen-bond acceptors (Lipinski definition) is 5. The third-order valence-corrected chi connectivity index (χ3v) is 6.45. The summed E-state index contributed by atoms with van der Waals surface area (Å²) in [6.07, 6.45) is 1.72. The van der Waals surface area contributed by atoms with Crippen LogP contribution in [-0.4, -0.2) is 38.8 Å². The number of halogens is 2. The van der Waals surface area contributed by atoms with Gasteiger partial charge in [0.25, 0.3) is 5.91 Å². The Kier molecular flexibility index (Phi) is 6.27. The van der Waals surface area contributed by atoms with Crippen molar-refractivity contribution in [1.29, 1.82) is 0 Å². The molecule has 0 spiro atoms. The summed E-state index contributed by atoms with van der Waals surface area (Å²) in [5, 5.41) is 14.4. The number of carbonyl (C=O) groups excluding carboxylic acids is 1. The van der Waals surface area contributed by atoms with E-state index in [1.165, 1.54) is 12.1 Å². The average molecular weight is 537 g/mol. The van der Waals surface area contributed by atoms with E-state index < -0.39 is 6.23 Å². The van der Waals surface area contributed by atoms with Crippen molar-refractivity contribution in [3.63, 3.8) is 0 Å². The number of amides is 1. The predicted molar refractivity (Wildman–Crippen MR) is 133 cm³/mol. The molecule has 1 aliphatic heterocycles. The summed E-state index contributed by atoms with van der Waals surface area (Å²) >= 11 is 3.44. The summed E-state index contributed by atoms with van der Waals surface area (Å²) in [6.45, 7) is 0.342. The highest BCUT2D eigenvalue weighted by Gasteiger charge is 2.36. The zero-order valence-corrected chi connectivity index (χ0v) is 20.2. The fourth-order valence-electron chi connectivity index (χ4n) is 4.09. The molecule has 0 saturated carbocycles. The Bertz CT molecular complexity index is 1370. The molecular formula is C26H22BrFN4O3. The lowest BCUT2D eigenvalue weighted by Crippen LogP contribution is -2.30. The van der Waals surface area contributed by atoms with E-state index in [4.69, 9.17) is 15.6 Å². The number of phenols is 1. The number of nitrogen functional groups attached to an aromatic ring is 1. The van der Waals surface area contributed by atoms with Crippen LogP contribution in [-0.2, 0) is 16.0 Å². The molecule has 1 unspecified atom stereocenters. The van der Waals surface area contributed by atoms with Crippen LogP contribution in [0, 0.1) is 5.82 Å². The smallest absolute Gasteiger partial charge is 0.250 e. The van der Waals surface area contributed by atoms with Gasteiger partial charge in [-0.15, -0.1) is 0 Å². The molecule has 4 aromatic rings. The van der Waals surface area contributed by atoms with E-state index in [-0.39, 0.29) is 29.8 Å². The van der Waals surface area contributed by atoms with Gasteiger partial charge in [0.1, 0.15) is 23.9 Å². The molecule has 1 fully saturated rings. The Morgan fingerprint density at radius 2 is 1.86 bits per heavy atom. The lowest BCUT2D eigenvalue weighted by Gasteiger charge is -2.23. The highest BCUT2D eigenvalue weighted by Crippen LogP contribution is 2.35. The van der Waals surface area contributed by atoms with Gasteiger partial charge >= 0.3 is 0 Å². The second-order valence-corrected chi connectivity index (χ2v) is 9.17. The normalized spacial score (nSPS) is 15.7. The van der Waals surface area contributed by atoms with Crippen molar-refractivity contribution in [2.24, 2.45) is 0 Å². The zero-order chi connectivity index (χ0) is 24.5. The fourth-order valence-corrected chi connectivity index (χ4v) is 4.35. The number of benzene rings is 3. The van der Waals surface area contributed by atoms with Crippen molar-refractivity contribution in [3.05, 3.63) is 94.3 Å². The van der Waals surface area contributed by atoms with Gasteiger partial charge in [-0.2, -0.15) is 5.10 Å². The minimum absolute atomic E-state index is 0.0245. The van der Waals surface area contributed by atoms with E-state index in [1.54, 1.807) is 39.9 Å². The molecule has 0 radical (unpaired) electrons. The zero-order valence-electron chi connectivity index (χ0n) is 18.6. The molecule has 7 nitrogen and oxygen atoms in total. The van der Waals surface area contributed by atoms with Crippen LogP contribution in [0.4, 0.5) is 10.1 Å². The summed E-state index contributed by atoms with van der Waals surface area (Å²) < 4.78 is 22.2. The first-order valence-electron chi connectivity index (χ1n) is 11.0. The molecule has 178 valence electrons. The van der Waals surface area contributed by atoms with Gasteiger partial charge in [-0.05, 0) is 72.6 Å². The van der Waals surface area contributed by atoms with E-state index in [2.05, 4.69) is 15.9 Å². The molecule has 2 heterocycles. The Hall–Kier alpha value is -3.69. The van der Waals surface area contributed by atoms with E-state index in [9.17, 15) is 14.3 Å². The molecule has 1 aromatic heterocycles. The summed E-state index contributed by atoms with van der Waals surface area (Å²) in [5.41, 5.74) is 9.85. The minimum Gasteiger partial charge on any atom is -0.506 e. The molecule has 9 heteroatoms. The molecule has 1 aliphatic rings. The molecule has 0 aliphatic carbocycles. The number of anilines is 1. The highest BCUT2D eigenvalue weighted by molar-refractivity contribution is 9.10. The van der Waals surface area contributed by atoms with Gasteiger partial charge in [0, 0.05) is 28.3 Å². The van der Waals surface area contributed by atoms with E-state index in [1.807, 2.05) is 30.5 Å². The second kappa shape index (κ2) is 9.52. The van der Waals surface area contributed by atoms with Gasteiger partial charge in [0.2, 0.25) is 0 Å². The van der Waals surface area contributed by atoms with Crippen LogP contribution in [0.5, 0.6) is 5.75 Å². The van der Waals surface area contributed by atoms with E-state index in [0.717, 1.165) is 15.7 Å². The minimum atomic E-state index is -0.652. The number of nitrogens with two attached hydrogens (primary N) is 1. The third kappa shape index (κ3) is 4.78. The van der Waals surface area contributed by atoms with Crippen molar-refractivity contribution in [2.45, 2.75) is 12.6 Å². The summed E-state index contributed by atoms with van der Waals surface area (Å²) in [4.78, 5) is 14.4.